The molecule has 706 valence electrons. The van der Waals surface area contributed by atoms with Gasteiger partial charge in [-0.15, -0.1) is 0 Å². The van der Waals surface area contributed by atoms with Crippen LogP contribution in [0, 0.1) is 55.7 Å². The van der Waals surface area contributed by atoms with Crippen LogP contribution in [0.25, 0.3) is 66.5 Å². The van der Waals surface area contributed by atoms with Crippen LogP contribution >= 0.6 is 0 Å². The predicted octanol–water partition coefficient (Wildman–Crippen LogP) is 17.7. The highest BCUT2D eigenvalue weighted by Crippen LogP contribution is 2.44. The summed E-state index contributed by atoms with van der Waals surface area (Å²) in [5.41, 5.74) is 14.9. The average molecular weight is 1860 g/mol. The molecule has 3 aliphatic heterocycles. The molecule has 14 aromatic rings. The Bertz CT molecular complexity index is 6630. The van der Waals surface area contributed by atoms with Gasteiger partial charge in [0.2, 0.25) is 0 Å². The molecular weight excluding hydrogens is 1750 g/mol. The van der Waals surface area contributed by atoms with Crippen LogP contribution < -0.4 is 45.4 Å². The maximum Gasteiger partial charge on any atom is 0.337 e. The van der Waals surface area contributed by atoms with E-state index in [-0.39, 0.29) is 123 Å². The van der Waals surface area contributed by atoms with Crippen molar-refractivity contribution < 1.29 is 69.5 Å². The number of benzene rings is 8. The molecular formula is C103H108F6N18O9. The average Bonchev–Trinajstić information content (AvgIpc) is 0.764. The van der Waals surface area contributed by atoms with Crippen LogP contribution in [0.2, 0.25) is 0 Å². The molecule has 3 fully saturated rings. The van der Waals surface area contributed by atoms with Gasteiger partial charge in [-0.05, 0) is 138 Å². The number of nitrogens with one attached hydrogen (secondary N) is 3. The van der Waals surface area contributed by atoms with Crippen molar-refractivity contribution in [2.24, 2.45) is 0 Å². The molecule has 0 atom stereocenters. The number of hydrogen-bond donors (Lipinski definition) is 5. The number of nitrogens with zero attached hydrogens (tertiary/aromatic N) is 14. The number of methoxy groups -OCH3 is 5. The number of piperazine rings is 3. The molecule has 0 radical (unpaired) electrons. The number of amides is 2. The van der Waals surface area contributed by atoms with Crippen LogP contribution in [0.1, 0.15) is 117 Å². The second-order valence-electron chi connectivity index (χ2n) is 35.5. The van der Waals surface area contributed by atoms with Crippen molar-refractivity contribution in [3.63, 3.8) is 0 Å². The lowest BCUT2D eigenvalue weighted by molar-refractivity contribution is 0.0102. The maximum absolute atomic E-state index is 15.4. The van der Waals surface area contributed by atoms with E-state index in [4.69, 9.17) is 29.4 Å². The zero-order valence-corrected chi connectivity index (χ0v) is 78.2. The van der Waals surface area contributed by atoms with E-state index in [0.717, 1.165) is 115 Å². The number of aryl methyl sites for hydroxylation is 3. The number of fused-ring (bicyclic) bond motifs is 3. The SMILES string of the molecule is COc1cc(C)c(F)c(-c2ccc(C(=O)O)c3nccnc23)c1F.COc1cc(OC)c(F)c(-c2ccc(C(=O)Nc3ccc(CN4CCN(Cc5ccc(C)cc5)C(C)(C)C4)cn3)c3nccnc23)c1F.COc1cc(OC)c(F)c(-c2ccc(C(=O)Nc3ccc(CN4CCNC(C)(C)C4)cn3)c3nccnc23)c1F.Cc1ccc(CN2CCN(Cc3ccc(N)nc3)CC2(C)C)cc1. The Balaban J connectivity index is 0.000000151. The first-order chi connectivity index (χ1) is 65.1. The number of nitrogens with two attached hydrogens (primary N) is 1. The fourth-order valence-corrected chi connectivity index (χ4v) is 17.2. The van der Waals surface area contributed by atoms with Crippen molar-refractivity contribution in [3.8, 4) is 62.1 Å². The van der Waals surface area contributed by atoms with Crippen molar-refractivity contribution in [2.75, 3.05) is 111 Å². The molecule has 17 rings (SSSR count). The molecule has 136 heavy (non-hydrogen) atoms. The quantitative estimate of drug-likeness (QED) is 0.0372. The van der Waals surface area contributed by atoms with E-state index in [0.29, 0.717) is 17.5 Å². The van der Waals surface area contributed by atoms with E-state index in [9.17, 15) is 28.3 Å². The van der Waals surface area contributed by atoms with Gasteiger partial charge < -0.3 is 50.5 Å². The van der Waals surface area contributed by atoms with Crippen LogP contribution in [0.5, 0.6) is 28.7 Å². The van der Waals surface area contributed by atoms with Gasteiger partial charge in [0.15, 0.2) is 57.8 Å². The van der Waals surface area contributed by atoms with Gasteiger partial charge in [-0.3, -0.25) is 64.0 Å². The largest absolute Gasteiger partial charge is 0.494 e. The maximum atomic E-state index is 15.4. The molecule has 6 aromatic heterocycles. The van der Waals surface area contributed by atoms with Crippen molar-refractivity contribution in [1.29, 1.82) is 0 Å². The summed E-state index contributed by atoms with van der Waals surface area (Å²) >= 11 is 0. The highest BCUT2D eigenvalue weighted by Gasteiger charge is 2.37. The van der Waals surface area contributed by atoms with Gasteiger partial charge in [-0.2, -0.15) is 0 Å². The Morgan fingerprint density at radius 2 is 0.713 bits per heavy atom. The highest BCUT2D eigenvalue weighted by atomic mass is 19.2. The number of nitrogen functional groups attached to an aromatic ring is 1. The van der Waals surface area contributed by atoms with E-state index in [1.165, 1.54) is 150 Å². The number of carbonyl (C=O) groups is 3. The first-order valence-corrected chi connectivity index (χ1v) is 44.1. The topological polar surface area (TPSA) is 312 Å². The van der Waals surface area contributed by atoms with Crippen molar-refractivity contribution in [1.82, 2.24) is 74.7 Å². The first-order valence-electron chi connectivity index (χ1n) is 44.1. The van der Waals surface area contributed by atoms with Crippen LogP contribution in [0.4, 0.5) is 43.8 Å². The summed E-state index contributed by atoms with van der Waals surface area (Å²) in [4.78, 5) is 88.9. The Morgan fingerprint density at radius 3 is 1.05 bits per heavy atom. The van der Waals surface area contributed by atoms with E-state index >= 15 is 17.6 Å². The number of anilines is 3. The lowest BCUT2D eigenvalue weighted by atomic mass is 9.97. The molecule has 0 bridgehead atoms. The molecule has 0 unspecified atom stereocenters. The number of carboxylic acids is 1. The highest BCUT2D eigenvalue weighted by molar-refractivity contribution is 6.14. The number of hydrogen-bond acceptors (Lipinski definition) is 24. The summed E-state index contributed by atoms with van der Waals surface area (Å²) in [6, 6.07) is 40.9. The van der Waals surface area contributed by atoms with Crippen molar-refractivity contribution in [3.05, 3.63) is 291 Å². The zero-order valence-electron chi connectivity index (χ0n) is 78.2. The van der Waals surface area contributed by atoms with Crippen molar-refractivity contribution in [2.45, 2.75) is 112 Å². The summed E-state index contributed by atoms with van der Waals surface area (Å²) in [5, 5.41) is 18.3. The van der Waals surface area contributed by atoms with E-state index < -0.39 is 63.8 Å². The number of rotatable bonds is 23. The molecule has 33 heteroatoms. The molecule has 27 nitrogen and oxygen atoms in total. The molecule has 0 spiro atoms. The van der Waals surface area contributed by atoms with Gasteiger partial charge in [-0.1, -0.05) is 96.1 Å². The van der Waals surface area contributed by atoms with Crippen molar-refractivity contribution >= 4 is 68.3 Å². The molecule has 2 amide bonds. The molecule has 0 saturated carbocycles. The van der Waals surface area contributed by atoms with Gasteiger partial charge in [0.25, 0.3) is 11.8 Å². The number of pyridine rings is 3. The summed E-state index contributed by atoms with van der Waals surface area (Å²) < 4.78 is 116. The summed E-state index contributed by atoms with van der Waals surface area (Å²) in [7, 11) is 6.39. The molecule has 8 aromatic carbocycles. The van der Waals surface area contributed by atoms with E-state index in [1.54, 1.807) is 24.5 Å². The third kappa shape index (κ3) is 22.5. The third-order valence-corrected chi connectivity index (χ3v) is 24.3. The normalized spacial score (nSPS) is 14.9. The van der Waals surface area contributed by atoms with Gasteiger partial charge in [-0.25, -0.2) is 46.1 Å². The number of aromatic nitrogens is 9. The molecule has 3 saturated heterocycles. The lowest BCUT2D eigenvalue weighted by Gasteiger charge is -2.47. The van der Waals surface area contributed by atoms with Crippen LogP contribution in [-0.4, -0.2) is 203 Å². The van der Waals surface area contributed by atoms with Gasteiger partial charge in [0.1, 0.15) is 39.8 Å². The zero-order chi connectivity index (χ0) is 97.0. The third-order valence-electron chi connectivity index (χ3n) is 24.3. The number of aromatic carboxylic acids is 1. The van der Waals surface area contributed by atoms with Crippen LogP contribution in [0.3, 0.4) is 0 Å². The standard InChI is InChI=1S/C37H38F2N6O3.C29H30F2N6O3.C20H28N4.C17H12F2N2O3/c1-23-6-8-24(9-7-23)21-45-17-16-44(22-37(45,2)3)20-25-10-13-30(42-19-25)43-36(46)27-12-11-26(34-35(27)41-15-14-40-34)31-32(38)28(47-4)18-29(48-5)33(31)39;1-29(2)16-37(12-11-35-29)15-17-5-8-22(34-14-17)36-28(38)19-7-6-18(26-27(19)33-10-9-32-26)23-24(30)20(39-3)13-21(40-4)25(23)31;1-16-4-6-17(7-5-16)14-24-11-10-23(15-20(24,2)3)13-18-8-9-19(21)22-12-18;1-8-7-11(24-2)14(19)12(13(8)18)9-3-4-10(17(22)23)16-15(9)20-5-6-21-16/h6-15,18-19H,16-17,20-22H2,1-5H3,(H,42,43,46);5-10,13-14,35H,11-12,15-16H2,1-4H3,(H,34,36,38);4-9,12H,10-11,13-15H2,1-3H3,(H2,21,22);3-7H,1-2H3,(H,22,23). The summed E-state index contributed by atoms with van der Waals surface area (Å²) in [6.07, 6.45) is 13.7. The minimum Gasteiger partial charge on any atom is -0.494 e. The monoisotopic (exact) mass is 1850 g/mol. The van der Waals surface area contributed by atoms with Crippen LogP contribution in [-0.2, 0) is 32.7 Å². The Labute approximate surface area is 784 Å². The first kappa shape index (κ1) is 97.8. The molecule has 6 N–H and O–H groups in total. The van der Waals surface area contributed by atoms with Gasteiger partial charge in [0.05, 0.1) is 85.5 Å². The number of carboxylic acid groups (broad SMARTS) is 1. The number of ether oxygens (including phenoxy) is 5. The summed E-state index contributed by atoms with van der Waals surface area (Å²) in [5.74, 6) is -7.04. The Hall–Kier alpha value is -14.2. The van der Waals surface area contributed by atoms with E-state index in [1.807, 2.05) is 24.4 Å². The lowest BCUT2D eigenvalue weighted by Crippen LogP contribution is -2.58. The van der Waals surface area contributed by atoms with Crippen LogP contribution in [0.15, 0.2) is 195 Å². The molecule has 9 heterocycles. The van der Waals surface area contributed by atoms with E-state index in [2.05, 4.69) is 195 Å². The second-order valence-corrected chi connectivity index (χ2v) is 35.5. The Morgan fingerprint density at radius 1 is 0.382 bits per heavy atom. The van der Waals surface area contributed by atoms with Gasteiger partial charge >= 0.3 is 5.97 Å². The summed E-state index contributed by atoms with van der Waals surface area (Å²) in [6.45, 7) is 32.6. The minimum absolute atomic E-state index is 0.00187. The number of carbonyl (C=O) groups excluding carboxylic acids is 2. The predicted molar refractivity (Wildman–Crippen MR) is 511 cm³/mol. The fraction of sp³-hybridized carbons (Fsp3) is 0.301. The second kappa shape index (κ2) is 42.6. The smallest absolute Gasteiger partial charge is 0.337 e. The Kier molecular flexibility index (Phi) is 30.6. The number of halogens is 6. The van der Waals surface area contributed by atoms with Gasteiger partial charge in [0, 0.05) is 193 Å². The minimum atomic E-state index is -1.20. The molecule has 0 aliphatic carbocycles. The fourth-order valence-electron chi connectivity index (χ4n) is 17.2. The molecule has 3 aliphatic rings.